The summed E-state index contributed by atoms with van der Waals surface area (Å²) in [5.41, 5.74) is -0.207. The van der Waals surface area contributed by atoms with Crippen molar-refractivity contribution in [2.45, 2.75) is 27.7 Å². The van der Waals surface area contributed by atoms with Gasteiger partial charge in [0, 0.05) is 44.6 Å². The fourth-order valence-electron chi connectivity index (χ4n) is 3.22. The van der Waals surface area contributed by atoms with Crippen molar-refractivity contribution in [3.63, 3.8) is 0 Å². The molecule has 1 heterocycles. The van der Waals surface area contributed by atoms with Crippen LogP contribution >= 0.6 is 0 Å². The number of amides is 1. The van der Waals surface area contributed by atoms with Crippen LogP contribution in [0, 0.1) is 0 Å². The normalized spacial score (nSPS) is 10.6. The third-order valence-corrected chi connectivity index (χ3v) is 4.77. The van der Waals surface area contributed by atoms with Crippen LogP contribution in [0.4, 0.5) is 4.79 Å². The first kappa shape index (κ1) is 24.3. The SMILES string of the molecule is CCN(CC)C(=O)Oc1ccc(-c2cc(=O)c3c(OC(C)=O)c(OC(C)=O)c(O)cc3o2)cc1. The molecule has 10 heteroatoms. The number of ether oxygens (including phenoxy) is 3. The molecule has 1 amide bonds. The summed E-state index contributed by atoms with van der Waals surface area (Å²) in [6, 6.07) is 8.54. The van der Waals surface area contributed by atoms with Gasteiger partial charge in [-0.1, -0.05) is 0 Å². The zero-order chi connectivity index (χ0) is 25.0. The largest absolute Gasteiger partial charge is 0.504 e. The van der Waals surface area contributed by atoms with E-state index in [1.165, 1.54) is 11.0 Å². The van der Waals surface area contributed by atoms with Crippen molar-refractivity contribution < 1.29 is 38.1 Å². The predicted molar refractivity (Wildman–Crippen MR) is 121 cm³/mol. The summed E-state index contributed by atoms with van der Waals surface area (Å²) in [5, 5.41) is 10.1. The molecule has 0 saturated carbocycles. The van der Waals surface area contributed by atoms with Gasteiger partial charge >= 0.3 is 18.0 Å². The molecular formula is C24H23NO9. The standard InChI is InChI=1S/C24H23NO9/c1-5-25(6-2)24(30)33-16-9-7-15(8-10-16)19-11-17(28)21-20(34-19)12-18(29)22(31-13(3)26)23(21)32-14(4)27/h7-12,29H,5-6H2,1-4H3. The first-order valence-corrected chi connectivity index (χ1v) is 10.4. The molecule has 0 atom stereocenters. The highest BCUT2D eigenvalue weighted by Gasteiger charge is 2.23. The van der Waals surface area contributed by atoms with Gasteiger partial charge in [-0.05, 0) is 38.1 Å². The highest BCUT2D eigenvalue weighted by atomic mass is 16.6. The Hall–Kier alpha value is -4.34. The lowest BCUT2D eigenvalue weighted by atomic mass is 10.1. The lowest BCUT2D eigenvalue weighted by molar-refractivity contribution is -0.134. The van der Waals surface area contributed by atoms with Crippen LogP contribution in [0.3, 0.4) is 0 Å². The molecule has 0 spiro atoms. The van der Waals surface area contributed by atoms with Gasteiger partial charge in [0.2, 0.25) is 5.75 Å². The van der Waals surface area contributed by atoms with Crippen molar-refractivity contribution in [3.8, 4) is 34.3 Å². The summed E-state index contributed by atoms with van der Waals surface area (Å²) in [7, 11) is 0. The van der Waals surface area contributed by atoms with Crippen LogP contribution < -0.4 is 19.6 Å². The van der Waals surface area contributed by atoms with Crippen LogP contribution in [0.5, 0.6) is 23.0 Å². The van der Waals surface area contributed by atoms with E-state index in [-0.39, 0.29) is 16.7 Å². The summed E-state index contributed by atoms with van der Waals surface area (Å²) in [4.78, 5) is 49.6. The Morgan fingerprint density at radius 3 is 2.06 bits per heavy atom. The summed E-state index contributed by atoms with van der Waals surface area (Å²) in [6.07, 6.45) is -0.480. The third kappa shape index (κ3) is 5.17. The minimum absolute atomic E-state index is 0.0933. The van der Waals surface area contributed by atoms with Gasteiger partial charge in [0.25, 0.3) is 0 Å². The molecule has 10 nitrogen and oxygen atoms in total. The number of phenols is 1. The van der Waals surface area contributed by atoms with E-state index in [0.717, 1.165) is 19.9 Å². The average molecular weight is 469 g/mol. The second-order valence-corrected chi connectivity index (χ2v) is 7.15. The van der Waals surface area contributed by atoms with E-state index in [1.807, 2.05) is 13.8 Å². The maximum atomic E-state index is 12.9. The molecule has 0 aliphatic heterocycles. The van der Waals surface area contributed by atoms with Gasteiger partial charge in [0.1, 0.15) is 22.5 Å². The van der Waals surface area contributed by atoms with Crippen LogP contribution in [0.1, 0.15) is 27.7 Å². The lowest BCUT2D eigenvalue weighted by Gasteiger charge is -2.17. The Balaban J connectivity index is 2.04. The van der Waals surface area contributed by atoms with Crippen molar-refractivity contribution in [2.24, 2.45) is 0 Å². The van der Waals surface area contributed by atoms with E-state index in [1.54, 1.807) is 24.3 Å². The Labute approximate surface area is 194 Å². The maximum absolute atomic E-state index is 12.9. The molecule has 1 aromatic heterocycles. The summed E-state index contributed by atoms with van der Waals surface area (Å²) in [5.74, 6) is -2.56. The Morgan fingerprint density at radius 1 is 0.912 bits per heavy atom. The Morgan fingerprint density at radius 2 is 1.50 bits per heavy atom. The van der Waals surface area contributed by atoms with Crippen LogP contribution in [-0.2, 0) is 9.59 Å². The zero-order valence-corrected chi connectivity index (χ0v) is 19.0. The smallest absolute Gasteiger partial charge is 0.415 e. The fourth-order valence-corrected chi connectivity index (χ4v) is 3.22. The fraction of sp³-hybridized carbons (Fsp3) is 0.250. The highest BCUT2D eigenvalue weighted by Crippen LogP contribution is 2.43. The molecule has 0 aliphatic carbocycles. The first-order chi connectivity index (χ1) is 16.1. The monoisotopic (exact) mass is 469 g/mol. The Kier molecular flexibility index (Phi) is 7.20. The summed E-state index contributed by atoms with van der Waals surface area (Å²) in [6.45, 7) is 6.90. The molecule has 3 rings (SSSR count). The van der Waals surface area contributed by atoms with Gasteiger partial charge in [-0.3, -0.25) is 14.4 Å². The zero-order valence-electron chi connectivity index (χ0n) is 19.0. The number of phenolic OH excluding ortho intramolecular Hbond substituents is 1. The maximum Gasteiger partial charge on any atom is 0.415 e. The topological polar surface area (TPSA) is 133 Å². The highest BCUT2D eigenvalue weighted by molar-refractivity contribution is 5.93. The van der Waals surface area contributed by atoms with Crippen LogP contribution in [0.25, 0.3) is 22.3 Å². The molecule has 1 N–H and O–H groups in total. The summed E-state index contributed by atoms with van der Waals surface area (Å²) < 4.78 is 21.1. The number of esters is 2. The minimum Gasteiger partial charge on any atom is -0.504 e. The molecule has 34 heavy (non-hydrogen) atoms. The number of benzene rings is 2. The molecule has 2 aromatic carbocycles. The Bertz CT molecular complexity index is 1300. The van der Waals surface area contributed by atoms with Gasteiger partial charge in [-0.2, -0.15) is 0 Å². The first-order valence-electron chi connectivity index (χ1n) is 10.4. The quantitative estimate of drug-likeness (QED) is 0.422. The van der Waals surface area contributed by atoms with Gasteiger partial charge in [0.15, 0.2) is 16.9 Å². The van der Waals surface area contributed by atoms with Gasteiger partial charge in [0.05, 0.1) is 0 Å². The number of rotatable bonds is 6. The van der Waals surface area contributed by atoms with Gasteiger partial charge < -0.3 is 28.6 Å². The number of hydrogen-bond acceptors (Lipinski definition) is 9. The molecular weight excluding hydrogens is 446 g/mol. The molecule has 0 unspecified atom stereocenters. The van der Waals surface area contributed by atoms with Crippen LogP contribution in [0.15, 0.2) is 45.6 Å². The number of hydrogen-bond donors (Lipinski definition) is 1. The molecule has 0 saturated heterocycles. The van der Waals surface area contributed by atoms with E-state index >= 15 is 0 Å². The predicted octanol–water partition coefficient (Wildman–Crippen LogP) is 3.86. The second-order valence-electron chi connectivity index (χ2n) is 7.15. The number of aromatic hydroxyl groups is 1. The third-order valence-electron chi connectivity index (χ3n) is 4.77. The van der Waals surface area contributed by atoms with Crippen molar-refractivity contribution in [2.75, 3.05) is 13.1 Å². The van der Waals surface area contributed by atoms with E-state index < -0.39 is 40.7 Å². The van der Waals surface area contributed by atoms with Crippen LogP contribution in [-0.4, -0.2) is 41.1 Å². The second kappa shape index (κ2) is 10.1. The van der Waals surface area contributed by atoms with E-state index in [0.29, 0.717) is 24.4 Å². The molecule has 0 bridgehead atoms. The molecule has 0 aliphatic rings. The van der Waals surface area contributed by atoms with Crippen molar-refractivity contribution in [1.82, 2.24) is 4.90 Å². The lowest BCUT2D eigenvalue weighted by Crippen LogP contribution is -2.33. The van der Waals surface area contributed by atoms with Crippen molar-refractivity contribution in [1.29, 1.82) is 0 Å². The number of fused-ring (bicyclic) bond motifs is 1. The number of carbonyl (C=O) groups excluding carboxylic acids is 3. The number of nitrogens with zero attached hydrogens (tertiary/aromatic N) is 1. The number of carbonyl (C=O) groups is 3. The summed E-state index contributed by atoms with van der Waals surface area (Å²) >= 11 is 0. The molecule has 0 fully saturated rings. The van der Waals surface area contributed by atoms with Gasteiger partial charge in [-0.25, -0.2) is 4.79 Å². The van der Waals surface area contributed by atoms with E-state index in [4.69, 9.17) is 18.6 Å². The minimum atomic E-state index is -0.793. The van der Waals surface area contributed by atoms with Gasteiger partial charge in [-0.15, -0.1) is 0 Å². The molecule has 178 valence electrons. The van der Waals surface area contributed by atoms with Crippen molar-refractivity contribution in [3.05, 3.63) is 46.6 Å². The molecule has 3 aromatic rings. The van der Waals surface area contributed by atoms with Crippen molar-refractivity contribution >= 4 is 29.0 Å². The molecule has 0 radical (unpaired) electrons. The van der Waals surface area contributed by atoms with Crippen LogP contribution in [0.2, 0.25) is 0 Å². The average Bonchev–Trinajstić information content (AvgIpc) is 2.76. The van der Waals surface area contributed by atoms with E-state index in [2.05, 4.69) is 0 Å². The van der Waals surface area contributed by atoms with E-state index in [9.17, 15) is 24.3 Å².